The van der Waals surface area contributed by atoms with Crippen LogP contribution in [0.4, 0.5) is 0 Å². The van der Waals surface area contributed by atoms with Gasteiger partial charge in [0.1, 0.15) is 0 Å². The first-order valence-corrected chi connectivity index (χ1v) is 6.97. The summed E-state index contributed by atoms with van der Waals surface area (Å²) < 4.78 is 21.5. The van der Waals surface area contributed by atoms with E-state index < -0.39 is 23.5 Å². The van der Waals surface area contributed by atoms with Gasteiger partial charge in [0, 0.05) is 0 Å². The van der Waals surface area contributed by atoms with Crippen LogP contribution in [0, 0.1) is 0 Å². The molecule has 1 aromatic carbocycles. The summed E-state index contributed by atoms with van der Waals surface area (Å²) in [5.41, 5.74) is -0.641. The first-order valence-electron chi connectivity index (χ1n) is 6.97. The SMILES string of the molecule is COC(=O)[C@]1(COCc2ccccc2)OC(C)(C)O[C@H]1C=O. The van der Waals surface area contributed by atoms with Gasteiger partial charge in [0.15, 0.2) is 18.2 Å². The molecule has 120 valence electrons. The molecule has 0 spiro atoms. The maximum absolute atomic E-state index is 12.2. The van der Waals surface area contributed by atoms with Gasteiger partial charge in [0.25, 0.3) is 0 Å². The molecule has 22 heavy (non-hydrogen) atoms. The molecule has 1 heterocycles. The molecular weight excluding hydrogens is 288 g/mol. The molecule has 2 rings (SSSR count). The molecule has 0 aromatic heterocycles. The Balaban J connectivity index is 2.13. The van der Waals surface area contributed by atoms with Gasteiger partial charge in [-0.05, 0) is 19.4 Å². The molecule has 6 heteroatoms. The standard InChI is InChI=1S/C16H20O6/c1-15(2)21-13(9-17)16(22-15,14(18)19-3)11-20-10-12-7-5-4-6-8-12/h4-9,13H,10-11H2,1-3H3/t13-,16+/m0/s1. The molecule has 0 N–H and O–H groups in total. The Bertz CT molecular complexity index is 527. The fourth-order valence-electron chi connectivity index (χ4n) is 2.46. The van der Waals surface area contributed by atoms with E-state index in [-0.39, 0.29) is 13.2 Å². The predicted octanol–water partition coefficient (Wildman–Crippen LogP) is 1.47. The van der Waals surface area contributed by atoms with Crippen molar-refractivity contribution in [3.63, 3.8) is 0 Å². The first-order chi connectivity index (χ1) is 10.4. The van der Waals surface area contributed by atoms with Gasteiger partial charge >= 0.3 is 5.97 Å². The molecule has 0 bridgehead atoms. The van der Waals surface area contributed by atoms with Crippen LogP contribution in [-0.4, -0.2) is 43.5 Å². The predicted molar refractivity (Wildman–Crippen MR) is 76.9 cm³/mol. The van der Waals surface area contributed by atoms with Gasteiger partial charge in [-0.1, -0.05) is 30.3 Å². The highest BCUT2D eigenvalue weighted by atomic mass is 16.8. The molecule has 0 aliphatic carbocycles. The van der Waals surface area contributed by atoms with Crippen molar-refractivity contribution in [2.24, 2.45) is 0 Å². The second kappa shape index (κ2) is 6.56. The van der Waals surface area contributed by atoms with E-state index in [0.29, 0.717) is 6.29 Å². The van der Waals surface area contributed by atoms with Gasteiger partial charge in [0.2, 0.25) is 5.60 Å². The summed E-state index contributed by atoms with van der Waals surface area (Å²) in [4.78, 5) is 23.5. The smallest absolute Gasteiger partial charge is 0.343 e. The third-order valence-corrected chi connectivity index (χ3v) is 3.38. The quantitative estimate of drug-likeness (QED) is 0.585. The highest BCUT2D eigenvalue weighted by molar-refractivity contribution is 5.85. The number of carbonyl (C=O) groups is 2. The van der Waals surface area contributed by atoms with Crippen molar-refractivity contribution < 1.29 is 28.5 Å². The maximum Gasteiger partial charge on any atom is 0.343 e. The van der Waals surface area contributed by atoms with E-state index in [2.05, 4.69) is 0 Å². The summed E-state index contributed by atoms with van der Waals surface area (Å²) in [7, 11) is 1.23. The number of carbonyl (C=O) groups excluding carboxylic acids is 2. The van der Waals surface area contributed by atoms with Crippen molar-refractivity contribution in [1.29, 1.82) is 0 Å². The first kappa shape index (κ1) is 16.6. The molecule has 6 nitrogen and oxygen atoms in total. The van der Waals surface area contributed by atoms with Gasteiger partial charge in [0.05, 0.1) is 20.3 Å². The van der Waals surface area contributed by atoms with Gasteiger partial charge in [-0.2, -0.15) is 0 Å². The number of hydrogen-bond acceptors (Lipinski definition) is 6. The van der Waals surface area contributed by atoms with E-state index in [9.17, 15) is 9.59 Å². The summed E-state index contributed by atoms with van der Waals surface area (Å²) in [6, 6.07) is 9.48. The van der Waals surface area contributed by atoms with E-state index in [1.807, 2.05) is 30.3 Å². The van der Waals surface area contributed by atoms with E-state index in [1.54, 1.807) is 13.8 Å². The Morgan fingerprint density at radius 3 is 2.59 bits per heavy atom. The van der Waals surface area contributed by atoms with Crippen LogP contribution >= 0.6 is 0 Å². The molecular formula is C16H20O6. The van der Waals surface area contributed by atoms with E-state index >= 15 is 0 Å². The summed E-state index contributed by atoms with van der Waals surface area (Å²) in [6.45, 7) is 3.41. The topological polar surface area (TPSA) is 71.1 Å². The second-order valence-corrected chi connectivity index (χ2v) is 5.54. The van der Waals surface area contributed by atoms with Crippen molar-refractivity contribution in [3.05, 3.63) is 35.9 Å². The molecule has 1 fully saturated rings. The minimum atomic E-state index is -1.59. The summed E-state index contributed by atoms with van der Waals surface area (Å²) in [5.74, 6) is -1.76. The largest absolute Gasteiger partial charge is 0.467 e. The van der Waals surface area contributed by atoms with Crippen LogP contribution in [0.5, 0.6) is 0 Å². The Hall–Kier alpha value is -1.76. The Labute approximate surface area is 129 Å². The number of methoxy groups -OCH3 is 1. The lowest BCUT2D eigenvalue weighted by atomic mass is 9.99. The molecule has 0 saturated carbocycles. The van der Waals surface area contributed by atoms with Crippen LogP contribution < -0.4 is 0 Å². The number of aldehydes is 1. The minimum absolute atomic E-state index is 0.137. The van der Waals surface area contributed by atoms with Crippen LogP contribution in [-0.2, 0) is 35.1 Å². The maximum atomic E-state index is 12.2. The van der Waals surface area contributed by atoms with Crippen LogP contribution in [0.1, 0.15) is 19.4 Å². The van der Waals surface area contributed by atoms with Gasteiger partial charge in [-0.15, -0.1) is 0 Å². The number of hydrogen-bond donors (Lipinski definition) is 0. The van der Waals surface area contributed by atoms with Crippen molar-refractivity contribution >= 4 is 12.3 Å². The molecule has 1 aromatic rings. The number of esters is 1. The number of benzene rings is 1. The zero-order valence-corrected chi connectivity index (χ0v) is 12.9. The average Bonchev–Trinajstić information content (AvgIpc) is 2.79. The van der Waals surface area contributed by atoms with Gasteiger partial charge in [-0.3, -0.25) is 0 Å². The fourth-order valence-corrected chi connectivity index (χ4v) is 2.46. The molecule has 0 unspecified atom stereocenters. The fraction of sp³-hybridized carbons (Fsp3) is 0.500. The van der Waals surface area contributed by atoms with Crippen LogP contribution in [0.15, 0.2) is 30.3 Å². The third-order valence-electron chi connectivity index (χ3n) is 3.38. The zero-order chi connectivity index (χ0) is 16.2. The molecule has 1 aliphatic rings. The molecule has 0 amide bonds. The summed E-state index contributed by atoms with van der Waals surface area (Å²) in [5, 5.41) is 0. The monoisotopic (exact) mass is 308 g/mol. The van der Waals surface area contributed by atoms with Crippen molar-refractivity contribution in [3.8, 4) is 0 Å². The molecule has 2 atom stereocenters. The van der Waals surface area contributed by atoms with Crippen LogP contribution in [0.2, 0.25) is 0 Å². The number of rotatable bonds is 6. The van der Waals surface area contributed by atoms with Crippen molar-refractivity contribution in [1.82, 2.24) is 0 Å². The minimum Gasteiger partial charge on any atom is -0.467 e. The zero-order valence-electron chi connectivity index (χ0n) is 12.9. The Morgan fingerprint density at radius 1 is 1.32 bits per heavy atom. The lowest BCUT2D eigenvalue weighted by Crippen LogP contribution is -2.53. The Morgan fingerprint density at radius 2 is 2.00 bits per heavy atom. The van der Waals surface area contributed by atoms with Gasteiger partial charge < -0.3 is 23.7 Å². The normalized spacial score (nSPS) is 26.6. The van der Waals surface area contributed by atoms with Crippen LogP contribution in [0.3, 0.4) is 0 Å². The highest BCUT2D eigenvalue weighted by Crippen LogP contribution is 2.37. The van der Waals surface area contributed by atoms with E-state index in [4.69, 9.17) is 18.9 Å². The third kappa shape index (κ3) is 3.35. The molecule has 1 saturated heterocycles. The summed E-state index contributed by atoms with van der Waals surface area (Å²) in [6.07, 6.45) is -0.539. The highest BCUT2D eigenvalue weighted by Gasteiger charge is 2.59. The number of ether oxygens (including phenoxy) is 4. The summed E-state index contributed by atoms with van der Waals surface area (Å²) >= 11 is 0. The average molecular weight is 308 g/mol. The van der Waals surface area contributed by atoms with E-state index in [0.717, 1.165) is 5.56 Å². The van der Waals surface area contributed by atoms with E-state index in [1.165, 1.54) is 7.11 Å². The molecule has 0 radical (unpaired) electrons. The van der Waals surface area contributed by atoms with Crippen LogP contribution in [0.25, 0.3) is 0 Å². The second-order valence-electron chi connectivity index (χ2n) is 5.54. The Kier molecular flexibility index (Phi) is 4.95. The lowest BCUT2D eigenvalue weighted by Gasteiger charge is -2.27. The lowest BCUT2D eigenvalue weighted by molar-refractivity contribution is -0.197. The van der Waals surface area contributed by atoms with Crippen molar-refractivity contribution in [2.75, 3.05) is 13.7 Å². The van der Waals surface area contributed by atoms with Crippen molar-refractivity contribution in [2.45, 2.75) is 37.9 Å². The molecule has 1 aliphatic heterocycles. The van der Waals surface area contributed by atoms with Gasteiger partial charge in [-0.25, -0.2) is 4.79 Å².